The van der Waals surface area contributed by atoms with Crippen molar-refractivity contribution >= 4 is 45.3 Å². The van der Waals surface area contributed by atoms with Gasteiger partial charge in [-0.05, 0) is 42.0 Å². The second-order valence-electron chi connectivity index (χ2n) is 5.45. The van der Waals surface area contributed by atoms with Gasteiger partial charge in [-0.15, -0.1) is 0 Å². The quantitative estimate of drug-likeness (QED) is 0.266. The smallest absolute Gasteiger partial charge is 0.335 e. The van der Waals surface area contributed by atoms with Gasteiger partial charge < -0.3 is 15.2 Å². The molecular weight excluding hydrogens is 397 g/mol. The molecule has 5 nitrogen and oxygen atoms in total. The molecule has 0 radical (unpaired) electrons. The van der Waals surface area contributed by atoms with Crippen molar-refractivity contribution in [1.82, 2.24) is 5.32 Å². The summed E-state index contributed by atoms with van der Waals surface area (Å²) in [5.41, 5.74) is 0.233. The molecule has 6 heteroatoms. The number of hydrogen-bond donors (Lipinski definition) is 2. The standard InChI is InChI=1S/C16H14INO4/c1-16(17,13-8-18-13)15(21)22-12-5-4-9-6-11(14(19)20)3-2-10(9)7-12/h2-7,13,18H,8H2,1H3,(H,19,20). The third kappa shape index (κ3) is 2.93. The van der Waals surface area contributed by atoms with Crippen molar-refractivity contribution in [2.75, 3.05) is 6.54 Å². The van der Waals surface area contributed by atoms with Crippen LogP contribution in [0.2, 0.25) is 0 Å². The fraction of sp³-hybridized carbons (Fsp3) is 0.250. The van der Waals surface area contributed by atoms with Crippen LogP contribution in [0.1, 0.15) is 17.3 Å². The van der Waals surface area contributed by atoms with Crippen LogP contribution in [0.3, 0.4) is 0 Å². The van der Waals surface area contributed by atoms with Gasteiger partial charge in [-0.1, -0.05) is 34.7 Å². The normalized spacial score (nSPS) is 19.5. The van der Waals surface area contributed by atoms with Gasteiger partial charge in [0.2, 0.25) is 0 Å². The molecule has 0 saturated carbocycles. The van der Waals surface area contributed by atoms with E-state index in [0.717, 1.165) is 17.3 Å². The molecule has 0 amide bonds. The summed E-state index contributed by atoms with van der Waals surface area (Å²) in [5.74, 6) is -0.788. The van der Waals surface area contributed by atoms with E-state index >= 15 is 0 Å². The first-order valence-corrected chi connectivity index (χ1v) is 7.87. The van der Waals surface area contributed by atoms with Crippen molar-refractivity contribution in [1.29, 1.82) is 0 Å². The fourth-order valence-corrected chi connectivity index (χ4v) is 2.76. The number of rotatable bonds is 4. The lowest BCUT2D eigenvalue weighted by Crippen LogP contribution is -2.39. The zero-order valence-corrected chi connectivity index (χ0v) is 14.0. The Morgan fingerprint density at radius 3 is 2.55 bits per heavy atom. The van der Waals surface area contributed by atoms with Crippen molar-refractivity contribution in [3.05, 3.63) is 42.0 Å². The summed E-state index contributed by atoms with van der Waals surface area (Å²) in [6.45, 7) is 2.67. The Labute approximate surface area is 140 Å². The zero-order chi connectivity index (χ0) is 15.9. The monoisotopic (exact) mass is 411 g/mol. The van der Waals surface area contributed by atoms with Crippen LogP contribution in [0, 0.1) is 0 Å². The van der Waals surface area contributed by atoms with Crippen molar-refractivity contribution < 1.29 is 19.4 Å². The van der Waals surface area contributed by atoms with Gasteiger partial charge in [-0.3, -0.25) is 4.79 Å². The Kier molecular flexibility index (Phi) is 3.82. The van der Waals surface area contributed by atoms with Gasteiger partial charge in [0.05, 0.1) is 5.56 Å². The summed E-state index contributed by atoms with van der Waals surface area (Å²) in [4.78, 5) is 23.2. The number of halogens is 1. The summed E-state index contributed by atoms with van der Waals surface area (Å²) < 4.78 is 4.87. The Morgan fingerprint density at radius 1 is 1.27 bits per heavy atom. The van der Waals surface area contributed by atoms with Crippen LogP contribution in [0.4, 0.5) is 0 Å². The number of alkyl halides is 1. The van der Waals surface area contributed by atoms with Gasteiger partial charge in [-0.25, -0.2) is 4.79 Å². The molecular formula is C16H14INO4. The maximum atomic E-state index is 12.2. The van der Waals surface area contributed by atoms with Crippen molar-refractivity contribution in [3.8, 4) is 5.75 Å². The average molecular weight is 411 g/mol. The molecule has 2 aromatic carbocycles. The predicted octanol–water partition coefficient (Wildman–Crippen LogP) is 2.61. The molecule has 2 atom stereocenters. The number of carboxylic acid groups (broad SMARTS) is 1. The molecule has 1 fully saturated rings. The summed E-state index contributed by atoms with van der Waals surface area (Å²) >= 11 is 2.11. The van der Waals surface area contributed by atoms with Gasteiger partial charge in [0.25, 0.3) is 0 Å². The van der Waals surface area contributed by atoms with Crippen LogP contribution in [0.15, 0.2) is 36.4 Å². The van der Waals surface area contributed by atoms with E-state index in [1.54, 1.807) is 30.3 Å². The predicted molar refractivity (Wildman–Crippen MR) is 90.8 cm³/mol. The SMILES string of the molecule is CC(I)(C(=O)Oc1ccc2cc(C(=O)O)ccc2c1)C1CN1. The van der Waals surface area contributed by atoms with Crippen LogP contribution in [0.5, 0.6) is 5.75 Å². The van der Waals surface area contributed by atoms with Crippen LogP contribution in [0.25, 0.3) is 10.8 Å². The molecule has 1 aliphatic rings. The third-order valence-electron chi connectivity index (χ3n) is 3.73. The number of aromatic carboxylic acids is 1. The zero-order valence-electron chi connectivity index (χ0n) is 11.8. The highest BCUT2D eigenvalue weighted by Gasteiger charge is 2.46. The molecule has 2 aromatic rings. The molecule has 2 N–H and O–H groups in total. The Balaban J connectivity index is 1.84. The van der Waals surface area contributed by atoms with Crippen LogP contribution in [-0.4, -0.2) is 33.1 Å². The van der Waals surface area contributed by atoms with Crippen LogP contribution >= 0.6 is 22.6 Å². The topological polar surface area (TPSA) is 85.5 Å². The van der Waals surface area contributed by atoms with Crippen molar-refractivity contribution in [3.63, 3.8) is 0 Å². The molecule has 2 unspecified atom stereocenters. The highest BCUT2D eigenvalue weighted by molar-refractivity contribution is 14.1. The van der Waals surface area contributed by atoms with Gasteiger partial charge in [0.1, 0.15) is 9.17 Å². The first-order chi connectivity index (χ1) is 10.4. The number of carboxylic acids is 1. The molecule has 114 valence electrons. The highest BCUT2D eigenvalue weighted by Crippen LogP contribution is 2.31. The van der Waals surface area contributed by atoms with E-state index in [1.807, 2.05) is 6.92 Å². The summed E-state index contributed by atoms with van der Waals surface area (Å²) in [6.07, 6.45) is 0. The lowest BCUT2D eigenvalue weighted by atomic mass is 10.1. The molecule has 1 saturated heterocycles. The number of fused-ring (bicyclic) bond motifs is 1. The molecule has 1 heterocycles. The Bertz CT molecular complexity index is 768. The second-order valence-corrected chi connectivity index (χ2v) is 7.70. The van der Waals surface area contributed by atoms with Gasteiger partial charge >= 0.3 is 11.9 Å². The number of hydrogen-bond acceptors (Lipinski definition) is 4. The molecule has 0 aromatic heterocycles. The highest BCUT2D eigenvalue weighted by atomic mass is 127. The van der Waals surface area contributed by atoms with E-state index in [1.165, 1.54) is 6.07 Å². The lowest BCUT2D eigenvalue weighted by Gasteiger charge is -2.19. The summed E-state index contributed by atoms with van der Waals surface area (Å²) in [5, 5.41) is 13.7. The Morgan fingerprint density at radius 2 is 1.91 bits per heavy atom. The van der Waals surface area contributed by atoms with Crippen LogP contribution in [-0.2, 0) is 4.79 Å². The number of esters is 1. The first kappa shape index (κ1) is 15.2. The number of ether oxygens (including phenoxy) is 1. The molecule has 3 rings (SSSR count). The number of carbonyl (C=O) groups excluding carboxylic acids is 1. The minimum absolute atomic E-state index is 0.152. The average Bonchev–Trinajstić information content (AvgIpc) is 3.31. The maximum absolute atomic E-state index is 12.2. The summed E-state index contributed by atoms with van der Waals surface area (Å²) in [7, 11) is 0. The fourth-order valence-electron chi connectivity index (χ4n) is 2.21. The first-order valence-electron chi connectivity index (χ1n) is 6.79. The van der Waals surface area contributed by atoms with Gasteiger partial charge in [0.15, 0.2) is 0 Å². The minimum atomic E-state index is -0.963. The van der Waals surface area contributed by atoms with Gasteiger partial charge in [-0.2, -0.15) is 0 Å². The number of nitrogens with one attached hydrogen (secondary N) is 1. The molecule has 0 bridgehead atoms. The summed E-state index contributed by atoms with van der Waals surface area (Å²) in [6, 6.07) is 10.2. The molecule has 0 aliphatic carbocycles. The Hall–Kier alpha value is -1.67. The van der Waals surface area contributed by atoms with Crippen molar-refractivity contribution in [2.45, 2.75) is 16.4 Å². The molecule has 0 spiro atoms. The van der Waals surface area contributed by atoms with E-state index in [2.05, 4.69) is 27.9 Å². The largest absolute Gasteiger partial charge is 0.478 e. The van der Waals surface area contributed by atoms with E-state index in [9.17, 15) is 9.59 Å². The minimum Gasteiger partial charge on any atom is -0.478 e. The maximum Gasteiger partial charge on any atom is 0.335 e. The van der Waals surface area contributed by atoms with Crippen molar-refractivity contribution in [2.24, 2.45) is 0 Å². The van der Waals surface area contributed by atoms with E-state index in [-0.39, 0.29) is 17.6 Å². The number of carbonyl (C=O) groups is 2. The third-order valence-corrected chi connectivity index (χ3v) is 4.92. The molecule has 22 heavy (non-hydrogen) atoms. The lowest BCUT2D eigenvalue weighted by molar-refractivity contribution is -0.136. The van der Waals surface area contributed by atoms with Gasteiger partial charge in [0, 0.05) is 12.6 Å². The van der Waals surface area contributed by atoms with E-state index in [4.69, 9.17) is 9.84 Å². The molecule has 1 aliphatic heterocycles. The second kappa shape index (κ2) is 5.51. The van der Waals surface area contributed by atoms with E-state index in [0.29, 0.717) is 5.75 Å². The number of benzene rings is 2. The van der Waals surface area contributed by atoms with E-state index < -0.39 is 9.39 Å². The van der Waals surface area contributed by atoms with Crippen LogP contribution < -0.4 is 10.1 Å².